The van der Waals surface area contributed by atoms with E-state index in [1.807, 2.05) is 24.3 Å². The van der Waals surface area contributed by atoms with Crippen LogP contribution in [0.25, 0.3) is 21.8 Å². The molecule has 0 amide bonds. The Labute approximate surface area is 209 Å². The maximum atomic E-state index is 6.47. The quantitative estimate of drug-likeness (QED) is 0.244. The summed E-state index contributed by atoms with van der Waals surface area (Å²) in [6.07, 6.45) is 11.1. The van der Waals surface area contributed by atoms with Gasteiger partial charge in [0.1, 0.15) is 0 Å². The van der Waals surface area contributed by atoms with Gasteiger partial charge in [0.25, 0.3) is 0 Å². The van der Waals surface area contributed by atoms with Crippen LogP contribution in [0.3, 0.4) is 0 Å². The van der Waals surface area contributed by atoms with E-state index in [2.05, 4.69) is 88.2 Å². The van der Waals surface area contributed by atoms with Crippen molar-refractivity contribution in [3.05, 3.63) is 87.0 Å². The van der Waals surface area contributed by atoms with E-state index in [-0.39, 0.29) is 11.2 Å². The molecule has 0 bridgehead atoms. The van der Waals surface area contributed by atoms with Crippen molar-refractivity contribution in [2.75, 3.05) is 0 Å². The molecule has 0 N–H and O–H groups in total. The third kappa shape index (κ3) is 5.97. The molecule has 5 heteroatoms. The molecule has 1 aromatic heterocycles. The van der Waals surface area contributed by atoms with Gasteiger partial charge in [-0.25, -0.2) is 0 Å². The van der Waals surface area contributed by atoms with E-state index in [4.69, 9.17) is 8.85 Å². The van der Waals surface area contributed by atoms with Gasteiger partial charge in [-0.05, 0) is 62.0 Å². The molecular weight excluding hydrogens is 450 g/mol. The zero-order valence-corrected chi connectivity index (χ0v) is 23.9. The average Bonchev–Trinajstić information content (AvgIpc) is 3.08. The first kappa shape index (κ1) is 26.2. The highest BCUT2D eigenvalue weighted by atomic mass is 28.2. The van der Waals surface area contributed by atoms with Crippen molar-refractivity contribution in [2.45, 2.75) is 50.7 Å². The zero-order chi connectivity index (χ0) is 24.8. The second-order valence-corrected chi connectivity index (χ2v) is 12.5. The molecule has 3 nitrogen and oxygen atoms in total. The highest BCUT2D eigenvalue weighted by molar-refractivity contribution is 6.48. The fourth-order valence-corrected chi connectivity index (χ4v) is 7.14. The number of benzene rings is 2. The summed E-state index contributed by atoms with van der Waals surface area (Å²) in [4.78, 5) is 0. The Balaban J connectivity index is 1.89. The molecular formula is C29H39NO2Si2. The lowest BCUT2D eigenvalue weighted by atomic mass is 9.99. The minimum atomic E-state index is -0.891. The van der Waals surface area contributed by atoms with Gasteiger partial charge in [-0.1, -0.05) is 48.6 Å². The number of hydrogen-bond donors (Lipinski definition) is 0. The van der Waals surface area contributed by atoms with Crippen molar-refractivity contribution < 1.29 is 8.85 Å². The summed E-state index contributed by atoms with van der Waals surface area (Å²) in [6, 6.07) is 13.6. The zero-order valence-electron chi connectivity index (χ0n) is 21.1. The molecule has 0 aliphatic rings. The molecule has 3 aromatic rings. The van der Waals surface area contributed by atoms with Gasteiger partial charge in [0.05, 0.1) is 11.2 Å². The molecule has 0 spiro atoms. The Morgan fingerprint density at radius 1 is 0.706 bits per heavy atom. The van der Waals surface area contributed by atoms with Crippen LogP contribution in [0.1, 0.15) is 39.5 Å². The summed E-state index contributed by atoms with van der Waals surface area (Å²) in [6.45, 7) is 19.9. The number of fused-ring (bicyclic) bond motifs is 3. The third-order valence-corrected chi connectivity index (χ3v) is 9.84. The van der Waals surface area contributed by atoms with Gasteiger partial charge in [-0.3, -0.25) is 0 Å². The fourth-order valence-electron chi connectivity index (χ4n) is 4.63. The van der Waals surface area contributed by atoms with Gasteiger partial charge < -0.3 is 13.4 Å². The maximum Gasteiger partial charge on any atom is 0.193 e. The Hall–Kier alpha value is -2.45. The summed E-state index contributed by atoms with van der Waals surface area (Å²) >= 11 is 0. The van der Waals surface area contributed by atoms with Crippen LogP contribution in [-0.2, 0) is 15.9 Å². The molecule has 0 aliphatic carbocycles. The van der Waals surface area contributed by atoms with Gasteiger partial charge in [0.15, 0.2) is 19.5 Å². The Morgan fingerprint density at radius 3 is 1.38 bits per heavy atom. The standard InChI is InChI=1S/C29H39NO2Si2/c1-8-16-28(5,17-9-2)31-33-22-12-14-26-24(20-22)25-21-23(13-15-27(25)30(26)7)34-32-29(6,18-10-3)19-11-4/h8-15,20-21H,1-4,16-19,33-34H2,5-7H3. The van der Waals surface area contributed by atoms with E-state index < -0.39 is 19.5 Å². The van der Waals surface area contributed by atoms with Crippen molar-refractivity contribution >= 4 is 51.7 Å². The lowest BCUT2D eigenvalue weighted by Crippen LogP contribution is -2.33. The van der Waals surface area contributed by atoms with Crippen LogP contribution in [0.5, 0.6) is 0 Å². The molecule has 2 aromatic carbocycles. The van der Waals surface area contributed by atoms with Gasteiger partial charge in [0.2, 0.25) is 0 Å². The first-order chi connectivity index (χ1) is 16.3. The molecule has 34 heavy (non-hydrogen) atoms. The van der Waals surface area contributed by atoms with Crippen LogP contribution in [0.15, 0.2) is 87.0 Å². The molecule has 0 atom stereocenters. The summed E-state index contributed by atoms with van der Waals surface area (Å²) in [5.74, 6) is 0. The SMILES string of the molecule is C=CCC(C)(CC=C)O[SiH2]c1ccc2c(c1)c1cc([SiH2]OC(C)(CC=C)CC=C)ccc1n2C. The van der Waals surface area contributed by atoms with Gasteiger partial charge in [-0.2, -0.15) is 0 Å². The molecule has 0 radical (unpaired) electrons. The topological polar surface area (TPSA) is 23.4 Å². The number of hydrogen-bond acceptors (Lipinski definition) is 2. The molecule has 0 unspecified atom stereocenters. The average molecular weight is 490 g/mol. The van der Waals surface area contributed by atoms with Crippen molar-refractivity contribution in [3.63, 3.8) is 0 Å². The van der Waals surface area contributed by atoms with Gasteiger partial charge >= 0.3 is 0 Å². The van der Waals surface area contributed by atoms with E-state index in [9.17, 15) is 0 Å². The monoisotopic (exact) mass is 489 g/mol. The molecule has 180 valence electrons. The predicted octanol–water partition coefficient (Wildman–Crippen LogP) is 4.60. The van der Waals surface area contributed by atoms with E-state index >= 15 is 0 Å². The Kier molecular flexibility index (Phi) is 8.71. The number of aromatic nitrogens is 1. The second kappa shape index (κ2) is 11.3. The largest absolute Gasteiger partial charge is 0.413 e. The Morgan fingerprint density at radius 2 is 1.06 bits per heavy atom. The number of rotatable bonds is 14. The van der Waals surface area contributed by atoms with Crippen molar-refractivity contribution in [2.24, 2.45) is 7.05 Å². The third-order valence-electron chi connectivity index (χ3n) is 6.61. The first-order valence-corrected chi connectivity index (χ1v) is 14.6. The van der Waals surface area contributed by atoms with Crippen molar-refractivity contribution in [1.29, 1.82) is 0 Å². The smallest absolute Gasteiger partial charge is 0.193 e. The highest BCUT2D eigenvalue weighted by Crippen LogP contribution is 2.27. The lowest BCUT2D eigenvalue weighted by Gasteiger charge is -2.28. The van der Waals surface area contributed by atoms with E-state index in [0.29, 0.717) is 0 Å². The number of nitrogens with zero attached hydrogens (tertiary/aromatic N) is 1. The number of aryl methyl sites for hydroxylation is 1. The summed E-state index contributed by atoms with van der Waals surface area (Å²) in [5.41, 5.74) is 2.05. The molecule has 0 aliphatic heterocycles. The molecule has 3 rings (SSSR count). The highest BCUT2D eigenvalue weighted by Gasteiger charge is 2.23. The normalized spacial score (nSPS) is 12.9. The Bertz CT molecular complexity index is 1080. The lowest BCUT2D eigenvalue weighted by molar-refractivity contribution is 0.104. The first-order valence-electron chi connectivity index (χ1n) is 12.0. The second-order valence-electron chi connectivity index (χ2n) is 9.71. The minimum absolute atomic E-state index is 0.219. The van der Waals surface area contributed by atoms with Crippen LogP contribution in [-0.4, -0.2) is 35.3 Å². The van der Waals surface area contributed by atoms with Crippen LogP contribution >= 0.6 is 0 Å². The maximum absolute atomic E-state index is 6.47. The summed E-state index contributed by atoms with van der Waals surface area (Å²) < 4.78 is 15.2. The molecule has 0 saturated carbocycles. The van der Waals surface area contributed by atoms with E-state index in [1.165, 1.54) is 32.2 Å². The van der Waals surface area contributed by atoms with Crippen molar-refractivity contribution in [1.82, 2.24) is 4.57 Å². The summed E-state index contributed by atoms with van der Waals surface area (Å²) in [7, 11) is 0.359. The molecule has 0 saturated heterocycles. The van der Waals surface area contributed by atoms with Crippen molar-refractivity contribution in [3.8, 4) is 0 Å². The minimum Gasteiger partial charge on any atom is -0.413 e. The van der Waals surface area contributed by atoms with E-state index in [0.717, 1.165) is 25.7 Å². The van der Waals surface area contributed by atoms with Crippen LogP contribution in [0, 0.1) is 0 Å². The van der Waals surface area contributed by atoms with Crippen LogP contribution in [0.4, 0.5) is 0 Å². The fraction of sp³-hybridized carbons (Fsp3) is 0.310. The molecule has 0 fully saturated rings. The van der Waals surface area contributed by atoms with E-state index in [1.54, 1.807) is 0 Å². The van der Waals surface area contributed by atoms with Crippen LogP contribution in [0.2, 0.25) is 0 Å². The summed E-state index contributed by atoms with van der Waals surface area (Å²) in [5, 5.41) is 5.19. The van der Waals surface area contributed by atoms with Gasteiger partial charge in [-0.15, -0.1) is 26.3 Å². The predicted molar refractivity (Wildman–Crippen MR) is 155 cm³/mol. The van der Waals surface area contributed by atoms with Crippen LogP contribution < -0.4 is 10.4 Å². The molecule has 1 heterocycles. The van der Waals surface area contributed by atoms with Gasteiger partial charge in [0, 0.05) is 28.9 Å².